The molecule has 0 saturated carbocycles. The maximum atomic E-state index is 13.6. The predicted octanol–water partition coefficient (Wildman–Crippen LogP) is 2.20. The zero-order valence-electron chi connectivity index (χ0n) is 12.7. The summed E-state index contributed by atoms with van der Waals surface area (Å²) in [6.45, 7) is 6.37. The number of amides is 1. The third-order valence-electron chi connectivity index (χ3n) is 4.13. The maximum Gasteiger partial charge on any atom is 0.222 e. The van der Waals surface area contributed by atoms with Crippen LogP contribution in [0.15, 0.2) is 18.2 Å². The fourth-order valence-corrected chi connectivity index (χ4v) is 3.00. The molecule has 0 aromatic heterocycles. The number of benzene rings is 1. The van der Waals surface area contributed by atoms with Crippen LogP contribution in [-0.2, 0) is 4.79 Å². The topological polar surface area (TPSA) is 58.4 Å². The number of nitrogens with one attached hydrogen (secondary N) is 1. The molecule has 5 heteroatoms. The van der Waals surface area contributed by atoms with Crippen LogP contribution in [0.5, 0.6) is 0 Å². The molecule has 1 heterocycles. The molecule has 0 aliphatic carbocycles. The minimum Gasteiger partial charge on any atom is -0.370 e. The Morgan fingerprint density at radius 1 is 1.57 bits per heavy atom. The van der Waals surface area contributed by atoms with Crippen LogP contribution in [0.1, 0.15) is 38.3 Å². The number of piperidine rings is 1. The Morgan fingerprint density at radius 3 is 3.00 bits per heavy atom. The number of hydrogen-bond acceptors (Lipinski definition) is 3. The summed E-state index contributed by atoms with van der Waals surface area (Å²) < 4.78 is 13.6. The van der Waals surface area contributed by atoms with Gasteiger partial charge in [-0.15, -0.1) is 0 Å². The zero-order chi connectivity index (χ0) is 15.4. The number of nitrogens with two attached hydrogens (primary N) is 1. The largest absolute Gasteiger partial charge is 0.370 e. The van der Waals surface area contributed by atoms with Crippen molar-refractivity contribution in [3.8, 4) is 0 Å². The lowest BCUT2D eigenvalue weighted by atomic mass is 9.95. The van der Waals surface area contributed by atoms with Gasteiger partial charge in [-0.05, 0) is 50.1 Å². The molecule has 1 amide bonds. The van der Waals surface area contributed by atoms with E-state index in [-0.39, 0.29) is 23.7 Å². The summed E-state index contributed by atoms with van der Waals surface area (Å²) in [5.74, 6) is -0.601. The van der Waals surface area contributed by atoms with Crippen LogP contribution >= 0.6 is 0 Å². The Labute approximate surface area is 125 Å². The van der Waals surface area contributed by atoms with Crippen molar-refractivity contribution >= 4 is 11.6 Å². The molecule has 4 nitrogen and oxygen atoms in total. The van der Waals surface area contributed by atoms with Crippen LogP contribution in [-0.4, -0.2) is 25.5 Å². The molecular weight excluding hydrogens is 269 g/mol. The second-order valence-electron chi connectivity index (χ2n) is 5.67. The quantitative estimate of drug-likeness (QED) is 0.875. The first-order valence-electron chi connectivity index (χ1n) is 7.60. The van der Waals surface area contributed by atoms with Crippen LogP contribution in [0.3, 0.4) is 0 Å². The molecule has 1 aliphatic heterocycles. The van der Waals surface area contributed by atoms with Gasteiger partial charge in [-0.2, -0.15) is 0 Å². The molecule has 1 fully saturated rings. The Morgan fingerprint density at radius 2 is 2.33 bits per heavy atom. The highest BCUT2D eigenvalue weighted by molar-refractivity contribution is 5.77. The molecule has 21 heavy (non-hydrogen) atoms. The first-order chi connectivity index (χ1) is 10.0. The van der Waals surface area contributed by atoms with Gasteiger partial charge in [0.15, 0.2) is 0 Å². The molecule has 0 bridgehead atoms. The van der Waals surface area contributed by atoms with E-state index in [0.29, 0.717) is 6.54 Å². The third kappa shape index (κ3) is 3.73. The summed E-state index contributed by atoms with van der Waals surface area (Å²) in [6.07, 6.45) is 1.77. The molecule has 2 rings (SSSR count). The molecular formula is C16H24FN3O. The molecule has 1 aromatic rings. The van der Waals surface area contributed by atoms with E-state index in [1.54, 1.807) is 6.07 Å². The number of carbonyl (C=O) groups is 1. The van der Waals surface area contributed by atoms with E-state index in [1.165, 1.54) is 6.07 Å². The van der Waals surface area contributed by atoms with E-state index in [0.717, 1.165) is 37.2 Å². The lowest BCUT2D eigenvalue weighted by Crippen LogP contribution is -2.41. The van der Waals surface area contributed by atoms with Gasteiger partial charge in [0.1, 0.15) is 5.82 Å². The maximum absolute atomic E-state index is 13.6. The van der Waals surface area contributed by atoms with Gasteiger partial charge in [-0.25, -0.2) is 4.39 Å². The van der Waals surface area contributed by atoms with Gasteiger partial charge < -0.3 is 16.0 Å². The number of hydrogen-bond donors (Lipinski definition) is 2. The van der Waals surface area contributed by atoms with E-state index < -0.39 is 0 Å². The van der Waals surface area contributed by atoms with E-state index in [4.69, 9.17) is 5.73 Å². The second kappa shape index (κ2) is 6.89. The summed E-state index contributed by atoms with van der Waals surface area (Å²) in [5, 5.41) is 3.32. The lowest BCUT2D eigenvalue weighted by molar-refractivity contribution is -0.122. The van der Waals surface area contributed by atoms with Gasteiger partial charge in [0.05, 0.1) is 5.92 Å². The molecule has 1 aliphatic rings. The summed E-state index contributed by atoms with van der Waals surface area (Å²) in [6, 6.07) is 4.93. The number of nitrogens with zero attached hydrogens (tertiary/aromatic N) is 1. The van der Waals surface area contributed by atoms with Crippen molar-refractivity contribution in [2.24, 2.45) is 11.7 Å². The van der Waals surface area contributed by atoms with Crippen molar-refractivity contribution in [3.63, 3.8) is 0 Å². The predicted molar refractivity (Wildman–Crippen MR) is 82.6 cm³/mol. The average molecular weight is 293 g/mol. The molecule has 2 unspecified atom stereocenters. The minimum absolute atomic E-state index is 0.0645. The molecule has 0 spiro atoms. The number of anilines is 1. The standard InChI is InChI=1S/C16H24FN3O/c1-3-19-11(2)14-9-13(17)6-7-15(14)20-8-4-5-12(10-20)16(18)21/h6-7,9,11-12,19H,3-5,8,10H2,1-2H3,(H2,18,21). The molecule has 116 valence electrons. The Bertz CT molecular complexity index is 506. The van der Waals surface area contributed by atoms with E-state index in [9.17, 15) is 9.18 Å². The second-order valence-corrected chi connectivity index (χ2v) is 5.67. The van der Waals surface area contributed by atoms with Gasteiger partial charge in [0.25, 0.3) is 0 Å². The van der Waals surface area contributed by atoms with Crippen LogP contribution in [0.2, 0.25) is 0 Å². The Balaban J connectivity index is 2.27. The van der Waals surface area contributed by atoms with Gasteiger partial charge in [0, 0.05) is 24.8 Å². The summed E-state index contributed by atoms with van der Waals surface area (Å²) >= 11 is 0. The highest BCUT2D eigenvalue weighted by Gasteiger charge is 2.26. The van der Waals surface area contributed by atoms with Crippen LogP contribution in [0.25, 0.3) is 0 Å². The number of rotatable bonds is 5. The van der Waals surface area contributed by atoms with Crippen molar-refractivity contribution in [3.05, 3.63) is 29.6 Å². The smallest absolute Gasteiger partial charge is 0.222 e. The van der Waals surface area contributed by atoms with Crippen LogP contribution in [0, 0.1) is 11.7 Å². The van der Waals surface area contributed by atoms with Gasteiger partial charge >= 0.3 is 0 Å². The van der Waals surface area contributed by atoms with Crippen molar-refractivity contribution in [1.29, 1.82) is 0 Å². The van der Waals surface area contributed by atoms with Crippen molar-refractivity contribution in [2.75, 3.05) is 24.5 Å². The number of halogens is 1. The van der Waals surface area contributed by atoms with Crippen LogP contribution < -0.4 is 16.0 Å². The lowest BCUT2D eigenvalue weighted by Gasteiger charge is -2.35. The Hall–Kier alpha value is -1.62. The number of primary amides is 1. The van der Waals surface area contributed by atoms with E-state index in [1.807, 2.05) is 19.9 Å². The van der Waals surface area contributed by atoms with Crippen molar-refractivity contribution in [2.45, 2.75) is 32.7 Å². The van der Waals surface area contributed by atoms with Gasteiger partial charge in [-0.3, -0.25) is 4.79 Å². The molecule has 2 atom stereocenters. The van der Waals surface area contributed by atoms with E-state index >= 15 is 0 Å². The van der Waals surface area contributed by atoms with E-state index in [2.05, 4.69) is 10.2 Å². The molecule has 1 aromatic carbocycles. The summed E-state index contributed by atoms with van der Waals surface area (Å²) in [5.41, 5.74) is 7.37. The van der Waals surface area contributed by atoms with Gasteiger partial charge in [-0.1, -0.05) is 6.92 Å². The van der Waals surface area contributed by atoms with Crippen molar-refractivity contribution in [1.82, 2.24) is 5.32 Å². The molecule has 0 radical (unpaired) electrons. The average Bonchev–Trinajstić information content (AvgIpc) is 2.47. The highest BCUT2D eigenvalue weighted by Crippen LogP contribution is 2.30. The zero-order valence-corrected chi connectivity index (χ0v) is 12.7. The van der Waals surface area contributed by atoms with Gasteiger partial charge in [0.2, 0.25) is 5.91 Å². The molecule has 1 saturated heterocycles. The fraction of sp³-hybridized carbons (Fsp3) is 0.562. The number of carbonyl (C=O) groups excluding carboxylic acids is 1. The summed E-state index contributed by atoms with van der Waals surface area (Å²) in [4.78, 5) is 13.6. The highest BCUT2D eigenvalue weighted by atomic mass is 19.1. The Kier molecular flexibility index (Phi) is 5.17. The normalized spacial score (nSPS) is 20.3. The minimum atomic E-state index is -0.247. The van der Waals surface area contributed by atoms with Crippen LogP contribution in [0.4, 0.5) is 10.1 Å². The summed E-state index contributed by atoms with van der Waals surface area (Å²) in [7, 11) is 0. The first kappa shape index (κ1) is 15.8. The molecule has 3 N–H and O–H groups in total. The third-order valence-corrected chi connectivity index (χ3v) is 4.13. The SMILES string of the molecule is CCNC(C)c1cc(F)ccc1N1CCCC(C(N)=O)C1. The monoisotopic (exact) mass is 293 g/mol. The fourth-order valence-electron chi connectivity index (χ4n) is 3.00. The van der Waals surface area contributed by atoms with Crippen molar-refractivity contribution < 1.29 is 9.18 Å². The first-order valence-corrected chi connectivity index (χ1v) is 7.60.